The second kappa shape index (κ2) is 13.1. The fourth-order valence-electron chi connectivity index (χ4n) is 3.63. The van der Waals surface area contributed by atoms with E-state index in [0.29, 0.717) is 25.0 Å². The SMILES string of the molecule is CCNC(=NCc1ccc(N2CCCC2=O)cc1)NCCN(C(C)C)C(C)C.I. The van der Waals surface area contributed by atoms with Crippen molar-refractivity contribution in [3.05, 3.63) is 29.8 Å². The Bertz CT molecular complexity index is 637. The molecular formula is C22H38IN5O. The number of halogens is 1. The van der Waals surface area contributed by atoms with Crippen LogP contribution in [0.2, 0.25) is 0 Å². The zero-order valence-electron chi connectivity index (χ0n) is 18.6. The fraction of sp³-hybridized carbons (Fsp3) is 0.636. The van der Waals surface area contributed by atoms with E-state index in [-0.39, 0.29) is 29.9 Å². The van der Waals surface area contributed by atoms with E-state index in [4.69, 9.17) is 4.99 Å². The highest BCUT2D eigenvalue weighted by atomic mass is 127. The average Bonchev–Trinajstić information content (AvgIpc) is 3.08. The van der Waals surface area contributed by atoms with Gasteiger partial charge in [0.25, 0.3) is 0 Å². The van der Waals surface area contributed by atoms with Gasteiger partial charge in [0.05, 0.1) is 6.54 Å². The van der Waals surface area contributed by atoms with E-state index in [0.717, 1.165) is 49.8 Å². The highest BCUT2D eigenvalue weighted by molar-refractivity contribution is 14.0. The summed E-state index contributed by atoms with van der Waals surface area (Å²) < 4.78 is 0. The number of hydrogen-bond acceptors (Lipinski definition) is 3. The lowest BCUT2D eigenvalue weighted by Crippen LogP contribution is -2.45. The molecule has 0 spiro atoms. The van der Waals surface area contributed by atoms with Gasteiger partial charge in [0.15, 0.2) is 5.96 Å². The van der Waals surface area contributed by atoms with Gasteiger partial charge >= 0.3 is 0 Å². The first-order valence-electron chi connectivity index (χ1n) is 10.6. The van der Waals surface area contributed by atoms with E-state index in [1.807, 2.05) is 17.0 Å². The summed E-state index contributed by atoms with van der Waals surface area (Å²) in [5, 5.41) is 6.75. The molecule has 1 amide bonds. The maximum atomic E-state index is 11.9. The van der Waals surface area contributed by atoms with Gasteiger partial charge in [-0.3, -0.25) is 9.69 Å². The topological polar surface area (TPSA) is 60.0 Å². The number of rotatable bonds is 9. The van der Waals surface area contributed by atoms with Crippen LogP contribution in [0.3, 0.4) is 0 Å². The highest BCUT2D eigenvalue weighted by Crippen LogP contribution is 2.21. The van der Waals surface area contributed by atoms with Crippen LogP contribution < -0.4 is 15.5 Å². The van der Waals surface area contributed by atoms with Crippen molar-refractivity contribution in [2.75, 3.05) is 31.1 Å². The number of carbonyl (C=O) groups excluding carboxylic acids is 1. The summed E-state index contributed by atoms with van der Waals surface area (Å²) in [5.41, 5.74) is 2.13. The molecule has 0 aliphatic carbocycles. The van der Waals surface area contributed by atoms with Gasteiger partial charge in [-0.2, -0.15) is 0 Å². The summed E-state index contributed by atoms with van der Waals surface area (Å²) in [7, 11) is 0. The number of guanidine groups is 1. The Labute approximate surface area is 193 Å². The predicted octanol–water partition coefficient (Wildman–Crippen LogP) is 3.61. The van der Waals surface area contributed by atoms with Crippen LogP contribution in [0, 0.1) is 0 Å². The first-order valence-corrected chi connectivity index (χ1v) is 10.6. The van der Waals surface area contributed by atoms with E-state index in [2.05, 4.69) is 62.3 Å². The molecule has 1 aromatic carbocycles. The molecule has 1 fully saturated rings. The van der Waals surface area contributed by atoms with Gasteiger partial charge in [0.2, 0.25) is 5.91 Å². The number of aliphatic imine (C=N–C) groups is 1. The summed E-state index contributed by atoms with van der Waals surface area (Å²) in [6, 6.07) is 9.24. The summed E-state index contributed by atoms with van der Waals surface area (Å²) in [4.78, 5) is 20.9. The van der Waals surface area contributed by atoms with Crippen LogP contribution in [0.1, 0.15) is 53.0 Å². The van der Waals surface area contributed by atoms with Crippen molar-refractivity contribution in [2.45, 2.75) is 66.1 Å². The molecule has 2 N–H and O–H groups in total. The molecule has 6 nitrogen and oxygen atoms in total. The molecule has 0 saturated carbocycles. The minimum atomic E-state index is 0. The standard InChI is InChI=1S/C22H37N5O.HI/c1-6-23-22(24-13-15-26(17(2)3)18(4)5)25-16-19-9-11-20(12-10-19)27-14-7-8-21(27)28;/h9-12,17-18H,6-8,13-16H2,1-5H3,(H2,23,24,25);1H. The van der Waals surface area contributed by atoms with Crippen LogP contribution >= 0.6 is 24.0 Å². The molecule has 1 aliphatic rings. The minimum Gasteiger partial charge on any atom is -0.357 e. The smallest absolute Gasteiger partial charge is 0.227 e. The third-order valence-corrected chi connectivity index (χ3v) is 5.07. The number of nitrogens with zero attached hydrogens (tertiary/aromatic N) is 3. The van der Waals surface area contributed by atoms with Crippen molar-refractivity contribution in [1.82, 2.24) is 15.5 Å². The largest absolute Gasteiger partial charge is 0.357 e. The zero-order chi connectivity index (χ0) is 20.5. The van der Waals surface area contributed by atoms with Crippen LogP contribution in [0.5, 0.6) is 0 Å². The molecule has 1 heterocycles. The van der Waals surface area contributed by atoms with Crippen LogP contribution in [-0.2, 0) is 11.3 Å². The lowest BCUT2D eigenvalue weighted by molar-refractivity contribution is -0.117. The fourth-order valence-corrected chi connectivity index (χ4v) is 3.63. The monoisotopic (exact) mass is 515 g/mol. The Morgan fingerprint density at radius 1 is 1.14 bits per heavy atom. The predicted molar refractivity (Wildman–Crippen MR) is 133 cm³/mol. The van der Waals surface area contributed by atoms with Crippen LogP contribution in [0.25, 0.3) is 0 Å². The van der Waals surface area contributed by atoms with Gasteiger partial charge in [-0.05, 0) is 58.7 Å². The van der Waals surface area contributed by atoms with Crippen molar-refractivity contribution in [1.29, 1.82) is 0 Å². The maximum absolute atomic E-state index is 11.9. The summed E-state index contributed by atoms with van der Waals surface area (Å²) in [6.45, 7) is 15.1. The van der Waals surface area contributed by atoms with E-state index >= 15 is 0 Å². The number of benzene rings is 1. The molecule has 0 atom stereocenters. The van der Waals surface area contributed by atoms with Crippen molar-refractivity contribution in [3.63, 3.8) is 0 Å². The van der Waals surface area contributed by atoms with E-state index < -0.39 is 0 Å². The minimum absolute atomic E-state index is 0. The molecule has 1 saturated heterocycles. The average molecular weight is 515 g/mol. The Morgan fingerprint density at radius 3 is 2.31 bits per heavy atom. The molecule has 29 heavy (non-hydrogen) atoms. The van der Waals surface area contributed by atoms with E-state index in [9.17, 15) is 4.79 Å². The van der Waals surface area contributed by atoms with Gasteiger partial charge in [0, 0.05) is 50.4 Å². The molecule has 0 radical (unpaired) electrons. The second-order valence-corrected chi connectivity index (χ2v) is 7.86. The lowest BCUT2D eigenvalue weighted by Gasteiger charge is -2.30. The Balaban J connectivity index is 0.00000420. The number of amides is 1. The normalized spacial score (nSPS) is 14.7. The van der Waals surface area contributed by atoms with Crippen molar-refractivity contribution in [3.8, 4) is 0 Å². The van der Waals surface area contributed by atoms with Gasteiger partial charge < -0.3 is 15.5 Å². The zero-order valence-corrected chi connectivity index (χ0v) is 20.9. The molecule has 0 unspecified atom stereocenters. The molecule has 164 valence electrons. The molecule has 0 aromatic heterocycles. The Morgan fingerprint density at radius 2 is 1.79 bits per heavy atom. The second-order valence-electron chi connectivity index (χ2n) is 7.86. The van der Waals surface area contributed by atoms with Gasteiger partial charge in [-0.25, -0.2) is 4.99 Å². The van der Waals surface area contributed by atoms with E-state index in [1.54, 1.807) is 0 Å². The van der Waals surface area contributed by atoms with Crippen LogP contribution in [0.15, 0.2) is 29.3 Å². The molecule has 1 aromatic rings. The first kappa shape index (κ1) is 25.7. The van der Waals surface area contributed by atoms with Crippen molar-refractivity contribution in [2.24, 2.45) is 4.99 Å². The quantitative estimate of drug-likeness (QED) is 0.300. The summed E-state index contributed by atoms with van der Waals surface area (Å²) in [5.74, 6) is 1.06. The number of carbonyl (C=O) groups is 1. The van der Waals surface area contributed by atoms with Gasteiger partial charge in [0.1, 0.15) is 0 Å². The molecule has 2 rings (SSSR count). The molecule has 7 heteroatoms. The third kappa shape index (κ3) is 8.12. The van der Waals surface area contributed by atoms with Crippen LogP contribution in [0.4, 0.5) is 5.69 Å². The van der Waals surface area contributed by atoms with E-state index in [1.165, 1.54) is 0 Å². The van der Waals surface area contributed by atoms with Crippen molar-refractivity contribution >= 4 is 41.5 Å². The van der Waals surface area contributed by atoms with Crippen LogP contribution in [-0.4, -0.2) is 55.0 Å². The summed E-state index contributed by atoms with van der Waals surface area (Å²) >= 11 is 0. The maximum Gasteiger partial charge on any atom is 0.227 e. The van der Waals surface area contributed by atoms with Gasteiger partial charge in [-0.1, -0.05) is 12.1 Å². The Hall–Kier alpha value is -1.35. The highest BCUT2D eigenvalue weighted by Gasteiger charge is 2.21. The number of hydrogen-bond donors (Lipinski definition) is 2. The molecule has 1 aliphatic heterocycles. The molecular weight excluding hydrogens is 477 g/mol. The molecule has 0 bridgehead atoms. The number of nitrogens with one attached hydrogen (secondary N) is 2. The van der Waals surface area contributed by atoms with Crippen molar-refractivity contribution < 1.29 is 4.79 Å². The Kier molecular flexibility index (Phi) is 11.6. The first-order chi connectivity index (χ1) is 13.4. The summed E-state index contributed by atoms with van der Waals surface area (Å²) in [6.07, 6.45) is 1.61. The third-order valence-electron chi connectivity index (χ3n) is 5.07. The lowest BCUT2D eigenvalue weighted by atomic mass is 10.2. The van der Waals surface area contributed by atoms with Gasteiger partial charge in [-0.15, -0.1) is 24.0 Å². The number of anilines is 1.